The Hall–Kier alpha value is -0.580. The van der Waals surface area contributed by atoms with E-state index in [0.29, 0.717) is 12.0 Å². The molecule has 1 aliphatic rings. The molecule has 100 valence electrons. The molecule has 0 aromatic heterocycles. The average Bonchev–Trinajstić information content (AvgIpc) is 2.71. The molecule has 1 fully saturated rings. The van der Waals surface area contributed by atoms with Crippen molar-refractivity contribution in [2.45, 2.75) is 19.6 Å². The Labute approximate surface area is 118 Å². The van der Waals surface area contributed by atoms with E-state index in [1.54, 1.807) is 0 Å². The average molecular weight is 313 g/mol. The van der Waals surface area contributed by atoms with Crippen LogP contribution in [0.1, 0.15) is 12.5 Å². The Kier molecular flexibility index (Phi) is 4.30. The molecule has 18 heavy (non-hydrogen) atoms. The van der Waals surface area contributed by atoms with E-state index in [1.165, 1.54) is 0 Å². The van der Waals surface area contributed by atoms with Gasteiger partial charge in [-0.25, -0.2) is 0 Å². The Morgan fingerprint density at radius 2 is 2.11 bits per heavy atom. The maximum absolute atomic E-state index is 9.49. The highest BCUT2D eigenvalue weighted by molar-refractivity contribution is 9.10. The third-order valence-corrected chi connectivity index (χ3v) is 4.28. The largest absolute Gasteiger partial charge is 0.392 e. The molecule has 2 rings (SSSR count). The van der Waals surface area contributed by atoms with Crippen LogP contribution >= 0.6 is 15.9 Å². The minimum atomic E-state index is 0.0896. The lowest BCUT2D eigenvalue weighted by Gasteiger charge is -2.24. The number of aliphatic hydroxyl groups excluding tert-OH is 1. The number of likely N-dealkylation sites (N-methyl/N-ethyl adjacent to an activating group) is 1. The van der Waals surface area contributed by atoms with Crippen molar-refractivity contribution in [1.82, 2.24) is 4.90 Å². The number of aliphatic hydroxyl groups is 1. The topological polar surface area (TPSA) is 26.7 Å². The van der Waals surface area contributed by atoms with Crippen LogP contribution in [0.5, 0.6) is 0 Å². The van der Waals surface area contributed by atoms with E-state index in [2.05, 4.69) is 52.8 Å². The fourth-order valence-electron chi connectivity index (χ4n) is 2.81. The lowest BCUT2D eigenvalue weighted by atomic mass is 10.1. The highest BCUT2D eigenvalue weighted by Crippen LogP contribution is 2.30. The van der Waals surface area contributed by atoms with Crippen molar-refractivity contribution in [2.24, 2.45) is 5.92 Å². The molecule has 2 unspecified atom stereocenters. The van der Waals surface area contributed by atoms with E-state index in [-0.39, 0.29) is 6.61 Å². The van der Waals surface area contributed by atoms with Gasteiger partial charge in [0.15, 0.2) is 0 Å². The summed E-state index contributed by atoms with van der Waals surface area (Å²) < 4.78 is 1.02. The smallest absolute Gasteiger partial charge is 0.0702 e. The van der Waals surface area contributed by atoms with Crippen molar-refractivity contribution in [3.05, 3.63) is 28.2 Å². The molecule has 4 heteroatoms. The number of hydrogen-bond donors (Lipinski definition) is 1. The summed E-state index contributed by atoms with van der Waals surface area (Å²) in [5.41, 5.74) is 2.16. The van der Waals surface area contributed by atoms with Gasteiger partial charge in [-0.1, -0.05) is 22.9 Å². The van der Waals surface area contributed by atoms with Crippen molar-refractivity contribution >= 4 is 21.6 Å². The van der Waals surface area contributed by atoms with E-state index >= 15 is 0 Å². The SMILES string of the molecule is CC1CN(c2ccc(Br)cc2CO)CC1N(C)C. The normalized spacial score (nSPS) is 24.0. The summed E-state index contributed by atoms with van der Waals surface area (Å²) >= 11 is 3.45. The molecule has 1 heterocycles. The molecule has 0 saturated carbocycles. The van der Waals surface area contributed by atoms with Crippen LogP contribution < -0.4 is 4.90 Å². The van der Waals surface area contributed by atoms with Gasteiger partial charge in [0.2, 0.25) is 0 Å². The molecule has 3 nitrogen and oxygen atoms in total. The Morgan fingerprint density at radius 1 is 1.39 bits per heavy atom. The number of benzene rings is 1. The van der Waals surface area contributed by atoms with Crippen LogP contribution in [0.15, 0.2) is 22.7 Å². The van der Waals surface area contributed by atoms with Crippen LogP contribution in [0.2, 0.25) is 0 Å². The van der Waals surface area contributed by atoms with Gasteiger partial charge in [0.1, 0.15) is 0 Å². The van der Waals surface area contributed by atoms with Gasteiger partial charge in [-0.3, -0.25) is 0 Å². The van der Waals surface area contributed by atoms with Gasteiger partial charge in [-0.15, -0.1) is 0 Å². The van der Waals surface area contributed by atoms with Crippen molar-refractivity contribution in [3.63, 3.8) is 0 Å². The zero-order valence-corrected chi connectivity index (χ0v) is 12.8. The predicted octanol–water partition coefficient (Wildman–Crippen LogP) is 2.33. The van der Waals surface area contributed by atoms with Crippen LogP contribution in [0, 0.1) is 5.92 Å². The first-order valence-corrected chi connectivity index (χ1v) is 7.13. The van der Waals surface area contributed by atoms with Crippen LogP contribution in [-0.4, -0.2) is 43.2 Å². The summed E-state index contributed by atoms with van der Waals surface area (Å²) in [6.07, 6.45) is 0. The molecule has 0 amide bonds. The number of anilines is 1. The molecule has 0 aliphatic carbocycles. The maximum atomic E-state index is 9.49. The number of halogens is 1. The molecule has 1 saturated heterocycles. The molecular weight excluding hydrogens is 292 g/mol. The lowest BCUT2D eigenvalue weighted by molar-refractivity contribution is 0.266. The maximum Gasteiger partial charge on any atom is 0.0702 e. The van der Waals surface area contributed by atoms with Crippen molar-refractivity contribution in [1.29, 1.82) is 0 Å². The third kappa shape index (κ3) is 2.71. The third-order valence-electron chi connectivity index (χ3n) is 3.79. The molecule has 0 spiro atoms. The van der Waals surface area contributed by atoms with E-state index in [0.717, 1.165) is 28.8 Å². The quantitative estimate of drug-likeness (QED) is 0.928. The predicted molar refractivity (Wildman–Crippen MR) is 78.9 cm³/mol. The van der Waals surface area contributed by atoms with Crippen molar-refractivity contribution < 1.29 is 5.11 Å². The van der Waals surface area contributed by atoms with E-state index in [1.807, 2.05) is 12.1 Å². The second-order valence-electron chi connectivity index (χ2n) is 5.34. The van der Waals surface area contributed by atoms with E-state index in [4.69, 9.17) is 0 Å². The standard InChI is InChI=1S/C14H21BrN2O/c1-10-7-17(8-14(10)16(2)3)13-5-4-12(15)6-11(13)9-18/h4-6,10,14,18H,7-9H2,1-3H3. The molecule has 1 aliphatic heterocycles. The molecule has 0 bridgehead atoms. The molecule has 0 radical (unpaired) electrons. The number of nitrogens with zero attached hydrogens (tertiary/aromatic N) is 2. The zero-order chi connectivity index (χ0) is 13.3. The zero-order valence-electron chi connectivity index (χ0n) is 11.2. The molecular formula is C14H21BrN2O. The van der Waals surface area contributed by atoms with Crippen LogP contribution in [0.3, 0.4) is 0 Å². The molecule has 1 aromatic carbocycles. The first-order valence-electron chi connectivity index (χ1n) is 6.33. The van der Waals surface area contributed by atoms with Gasteiger partial charge in [0.25, 0.3) is 0 Å². The first-order chi connectivity index (χ1) is 8.52. The lowest BCUT2D eigenvalue weighted by Crippen LogP contribution is -2.34. The van der Waals surface area contributed by atoms with Crippen molar-refractivity contribution in [2.75, 3.05) is 32.1 Å². The Morgan fingerprint density at radius 3 is 2.67 bits per heavy atom. The summed E-state index contributed by atoms with van der Waals surface area (Å²) in [5.74, 6) is 0.648. The molecule has 2 atom stereocenters. The second-order valence-corrected chi connectivity index (χ2v) is 6.26. The van der Waals surface area contributed by atoms with Gasteiger partial charge in [-0.2, -0.15) is 0 Å². The highest BCUT2D eigenvalue weighted by Gasteiger charge is 2.31. The Balaban J connectivity index is 2.23. The number of hydrogen-bond acceptors (Lipinski definition) is 3. The fourth-order valence-corrected chi connectivity index (χ4v) is 3.22. The summed E-state index contributed by atoms with van der Waals surface area (Å²) in [7, 11) is 4.28. The minimum Gasteiger partial charge on any atom is -0.392 e. The summed E-state index contributed by atoms with van der Waals surface area (Å²) in [4.78, 5) is 4.68. The van der Waals surface area contributed by atoms with E-state index < -0.39 is 0 Å². The monoisotopic (exact) mass is 312 g/mol. The van der Waals surface area contributed by atoms with Crippen LogP contribution in [-0.2, 0) is 6.61 Å². The second kappa shape index (κ2) is 5.59. The highest BCUT2D eigenvalue weighted by atomic mass is 79.9. The first kappa shape index (κ1) is 13.8. The number of rotatable bonds is 3. The van der Waals surface area contributed by atoms with Gasteiger partial charge in [0.05, 0.1) is 6.61 Å². The minimum absolute atomic E-state index is 0.0896. The fraction of sp³-hybridized carbons (Fsp3) is 0.571. The summed E-state index contributed by atoms with van der Waals surface area (Å²) in [6, 6.07) is 6.73. The van der Waals surface area contributed by atoms with Gasteiger partial charge in [0, 0.05) is 34.9 Å². The molecule has 1 aromatic rings. The molecule has 1 N–H and O–H groups in total. The summed E-state index contributed by atoms with van der Waals surface area (Å²) in [5, 5.41) is 9.49. The van der Waals surface area contributed by atoms with Gasteiger partial charge < -0.3 is 14.9 Å². The summed E-state index contributed by atoms with van der Waals surface area (Å²) in [6.45, 7) is 4.47. The Bertz CT molecular complexity index is 422. The van der Waals surface area contributed by atoms with E-state index in [9.17, 15) is 5.11 Å². The van der Waals surface area contributed by atoms with Gasteiger partial charge >= 0.3 is 0 Å². The van der Waals surface area contributed by atoms with Crippen molar-refractivity contribution in [3.8, 4) is 0 Å². The van der Waals surface area contributed by atoms with Crippen LogP contribution in [0.25, 0.3) is 0 Å². The van der Waals surface area contributed by atoms with Crippen LogP contribution in [0.4, 0.5) is 5.69 Å². The van der Waals surface area contributed by atoms with Gasteiger partial charge in [-0.05, 0) is 38.2 Å².